The van der Waals surface area contributed by atoms with Crippen molar-refractivity contribution in [2.45, 2.75) is 31.7 Å². The highest BCUT2D eigenvalue weighted by Gasteiger charge is 2.32. The van der Waals surface area contributed by atoms with E-state index in [-0.39, 0.29) is 10.8 Å². The van der Waals surface area contributed by atoms with Crippen LogP contribution in [0.4, 0.5) is 0 Å². The summed E-state index contributed by atoms with van der Waals surface area (Å²) in [6, 6.07) is 9.02. The molecule has 0 amide bonds. The highest BCUT2D eigenvalue weighted by molar-refractivity contribution is 7.80. The van der Waals surface area contributed by atoms with Crippen LogP contribution in [0, 0.1) is 10.1 Å². The minimum absolute atomic E-state index is 0.170. The van der Waals surface area contributed by atoms with Crippen molar-refractivity contribution < 1.29 is 4.92 Å². The zero-order valence-corrected chi connectivity index (χ0v) is 12.4. The van der Waals surface area contributed by atoms with Gasteiger partial charge in [0, 0.05) is 31.9 Å². The van der Waals surface area contributed by atoms with Crippen LogP contribution in [-0.4, -0.2) is 34.9 Å². The van der Waals surface area contributed by atoms with Crippen LogP contribution in [0.1, 0.15) is 31.2 Å². The van der Waals surface area contributed by atoms with E-state index < -0.39 is 6.04 Å². The van der Waals surface area contributed by atoms with Gasteiger partial charge in [0.2, 0.25) is 6.04 Å². The molecule has 0 bridgehead atoms. The van der Waals surface area contributed by atoms with E-state index in [9.17, 15) is 10.1 Å². The van der Waals surface area contributed by atoms with Gasteiger partial charge in [0.1, 0.15) is 0 Å². The Morgan fingerprint density at radius 1 is 1.37 bits per heavy atom. The van der Waals surface area contributed by atoms with Gasteiger partial charge in [0.05, 0.1) is 10.9 Å². The van der Waals surface area contributed by atoms with Gasteiger partial charge in [0.25, 0.3) is 0 Å². The highest BCUT2D eigenvalue weighted by atomic mass is 32.1. The van der Waals surface area contributed by atoms with E-state index in [2.05, 4.69) is 0 Å². The lowest BCUT2D eigenvalue weighted by Gasteiger charge is -2.23. The van der Waals surface area contributed by atoms with E-state index in [4.69, 9.17) is 12.2 Å². The predicted molar refractivity (Wildman–Crippen MR) is 81.2 cm³/mol. The lowest BCUT2D eigenvalue weighted by Crippen LogP contribution is -2.31. The Kier molecular flexibility index (Phi) is 5.89. The number of benzene rings is 1. The molecule has 1 aromatic rings. The summed E-state index contributed by atoms with van der Waals surface area (Å²) in [4.78, 5) is 13.7. The zero-order valence-electron chi connectivity index (χ0n) is 11.6. The van der Waals surface area contributed by atoms with Gasteiger partial charge >= 0.3 is 0 Å². The molecule has 19 heavy (non-hydrogen) atoms. The smallest absolute Gasteiger partial charge is 0.220 e. The van der Waals surface area contributed by atoms with E-state index in [1.807, 2.05) is 56.3 Å². The monoisotopic (exact) mass is 280 g/mol. The quantitative estimate of drug-likeness (QED) is 0.456. The number of nitro groups is 1. The maximum absolute atomic E-state index is 11.2. The summed E-state index contributed by atoms with van der Waals surface area (Å²) in [6.45, 7) is 1.85. The van der Waals surface area contributed by atoms with E-state index in [1.165, 1.54) is 0 Å². The Morgan fingerprint density at radius 2 is 1.95 bits per heavy atom. The average Bonchev–Trinajstić information content (AvgIpc) is 2.38. The Morgan fingerprint density at radius 3 is 2.37 bits per heavy atom. The Balaban J connectivity index is 3.04. The summed E-state index contributed by atoms with van der Waals surface area (Å²) >= 11 is 5.31. The molecule has 0 radical (unpaired) electrons. The van der Waals surface area contributed by atoms with Crippen LogP contribution in [0.3, 0.4) is 0 Å². The molecule has 1 aromatic carbocycles. The maximum Gasteiger partial charge on any atom is 0.220 e. The Bertz CT molecular complexity index is 434. The van der Waals surface area contributed by atoms with Gasteiger partial charge in [-0.1, -0.05) is 49.5 Å². The summed E-state index contributed by atoms with van der Waals surface area (Å²) in [7, 11) is 3.75. The van der Waals surface area contributed by atoms with E-state index >= 15 is 0 Å². The molecular formula is C14H20N2O2S. The summed E-state index contributed by atoms with van der Waals surface area (Å²) in [5.74, 6) is -0.170. The van der Waals surface area contributed by atoms with E-state index in [0.717, 1.165) is 10.6 Å². The van der Waals surface area contributed by atoms with Crippen molar-refractivity contribution in [3.05, 3.63) is 46.0 Å². The molecule has 0 spiro atoms. The van der Waals surface area contributed by atoms with Crippen LogP contribution in [0.25, 0.3) is 0 Å². The molecule has 0 unspecified atom stereocenters. The topological polar surface area (TPSA) is 46.4 Å². The van der Waals surface area contributed by atoms with E-state index in [0.29, 0.717) is 12.8 Å². The zero-order chi connectivity index (χ0) is 14.4. The Hall–Kier alpha value is -1.49. The molecule has 1 rings (SSSR count). The molecule has 0 aliphatic heterocycles. The molecule has 4 nitrogen and oxygen atoms in total. The lowest BCUT2D eigenvalue weighted by atomic mass is 9.87. The fourth-order valence-electron chi connectivity index (χ4n) is 2.13. The number of thiocarbonyl (C=S) groups is 1. The van der Waals surface area contributed by atoms with Crippen molar-refractivity contribution in [3.63, 3.8) is 0 Å². The molecule has 0 aliphatic rings. The molecule has 0 aromatic heterocycles. The van der Waals surface area contributed by atoms with Crippen molar-refractivity contribution in [1.29, 1.82) is 0 Å². The summed E-state index contributed by atoms with van der Waals surface area (Å²) < 4.78 is 0. The van der Waals surface area contributed by atoms with Gasteiger partial charge in [-0.15, -0.1) is 0 Å². The normalized spacial score (nSPS) is 13.6. The van der Waals surface area contributed by atoms with Gasteiger partial charge in [-0.3, -0.25) is 10.1 Å². The third kappa shape index (κ3) is 4.28. The van der Waals surface area contributed by atoms with Crippen LogP contribution in [0.15, 0.2) is 30.3 Å². The van der Waals surface area contributed by atoms with Crippen LogP contribution >= 0.6 is 12.2 Å². The molecule has 0 N–H and O–H groups in total. The van der Waals surface area contributed by atoms with Gasteiger partial charge in [-0.05, 0) is 5.56 Å². The van der Waals surface area contributed by atoms with Gasteiger partial charge in [0.15, 0.2) is 0 Å². The third-order valence-corrected chi connectivity index (χ3v) is 3.81. The second kappa shape index (κ2) is 7.19. The fraction of sp³-hybridized carbons (Fsp3) is 0.500. The first-order chi connectivity index (χ1) is 8.97. The van der Waals surface area contributed by atoms with Gasteiger partial charge in [-0.2, -0.15) is 0 Å². The lowest BCUT2D eigenvalue weighted by molar-refractivity contribution is -0.527. The van der Waals surface area contributed by atoms with Gasteiger partial charge < -0.3 is 4.90 Å². The van der Waals surface area contributed by atoms with Crippen LogP contribution < -0.4 is 0 Å². The second-order valence-electron chi connectivity index (χ2n) is 4.77. The molecule has 0 aliphatic carbocycles. The average molecular weight is 280 g/mol. The molecule has 5 heteroatoms. The standard InChI is InChI=1S/C14H20N2O2S/c1-4-13(16(17)18)12(10-14(19)15(2)3)11-8-6-5-7-9-11/h5-9,12-13H,4,10H2,1-3H3/t12-,13+/m1/s1. The largest absolute Gasteiger partial charge is 0.372 e. The second-order valence-corrected chi connectivity index (χ2v) is 5.24. The first-order valence-corrected chi connectivity index (χ1v) is 6.76. The molecule has 0 fully saturated rings. The minimum atomic E-state index is -0.597. The highest BCUT2D eigenvalue weighted by Crippen LogP contribution is 2.28. The van der Waals surface area contributed by atoms with Crippen LogP contribution in [0.2, 0.25) is 0 Å². The third-order valence-electron chi connectivity index (χ3n) is 3.27. The van der Waals surface area contributed by atoms with Crippen molar-refractivity contribution in [2.24, 2.45) is 0 Å². The minimum Gasteiger partial charge on any atom is -0.372 e. The first-order valence-electron chi connectivity index (χ1n) is 6.36. The first kappa shape index (κ1) is 15.6. The number of nitrogens with zero attached hydrogens (tertiary/aromatic N) is 2. The predicted octanol–water partition coefficient (Wildman–Crippen LogP) is 3.10. The molecule has 104 valence electrons. The van der Waals surface area contributed by atoms with Crippen LogP contribution in [-0.2, 0) is 0 Å². The molecule has 2 atom stereocenters. The molecule has 0 saturated carbocycles. The summed E-state index contributed by atoms with van der Waals surface area (Å²) in [5, 5.41) is 11.2. The number of hydrogen-bond acceptors (Lipinski definition) is 3. The molecular weight excluding hydrogens is 260 g/mol. The van der Waals surface area contributed by atoms with E-state index in [1.54, 1.807) is 0 Å². The van der Waals surface area contributed by atoms with Crippen molar-refractivity contribution in [2.75, 3.05) is 14.1 Å². The molecule has 0 saturated heterocycles. The fourth-order valence-corrected chi connectivity index (χ4v) is 2.31. The van der Waals surface area contributed by atoms with Crippen molar-refractivity contribution >= 4 is 17.2 Å². The SMILES string of the molecule is CC[C@@H]([C@H](CC(=S)N(C)C)c1ccccc1)[N+](=O)[O-]. The van der Waals surface area contributed by atoms with Crippen LogP contribution in [0.5, 0.6) is 0 Å². The maximum atomic E-state index is 11.2. The molecule has 0 heterocycles. The summed E-state index contributed by atoms with van der Waals surface area (Å²) in [6.07, 6.45) is 1.04. The number of rotatable bonds is 6. The number of hydrogen-bond donors (Lipinski definition) is 0. The van der Waals surface area contributed by atoms with Gasteiger partial charge in [-0.25, -0.2) is 0 Å². The Labute approximate surface area is 119 Å². The van der Waals surface area contributed by atoms with Crippen molar-refractivity contribution in [1.82, 2.24) is 4.90 Å². The van der Waals surface area contributed by atoms with Crippen molar-refractivity contribution in [3.8, 4) is 0 Å². The summed E-state index contributed by atoms with van der Waals surface area (Å²) in [5.41, 5.74) is 0.982.